The van der Waals surface area contributed by atoms with Crippen molar-refractivity contribution in [3.05, 3.63) is 84.2 Å². The van der Waals surface area contributed by atoms with Crippen LogP contribution in [0, 0.1) is 0 Å². The van der Waals surface area contributed by atoms with Crippen LogP contribution in [0.1, 0.15) is 20.7 Å². The Kier molecular flexibility index (Phi) is 5.86. The van der Waals surface area contributed by atoms with Crippen LogP contribution < -0.4 is 10.1 Å². The summed E-state index contributed by atoms with van der Waals surface area (Å²) in [4.78, 5) is 36.2. The lowest BCUT2D eigenvalue weighted by Gasteiger charge is -2.09. The fourth-order valence-electron chi connectivity index (χ4n) is 2.55. The third kappa shape index (κ3) is 4.45. The van der Waals surface area contributed by atoms with Crippen molar-refractivity contribution in [2.75, 3.05) is 13.7 Å². The number of benzene rings is 2. The SMILES string of the molecule is COc1ccccc1C(=O)NC(=O)COC(=O)c1ccc(-n2cccc2)cc1. The first-order chi connectivity index (χ1) is 13.6. The smallest absolute Gasteiger partial charge is 0.338 e. The van der Waals surface area contributed by atoms with E-state index in [4.69, 9.17) is 9.47 Å². The van der Waals surface area contributed by atoms with Gasteiger partial charge in [0.05, 0.1) is 18.2 Å². The lowest BCUT2D eigenvalue weighted by molar-refractivity contribution is -0.123. The first-order valence-electron chi connectivity index (χ1n) is 8.46. The number of amides is 2. The fourth-order valence-corrected chi connectivity index (χ4v) is 2.55. The van der Waals surface area contributed by atoms with Gasteiger partial charge in [0.25, 0.3) is 11.8 Å². The standard InChI is InChI=1S/C21H18N2O5/c1-27-18-7-3-2-6-17(18)20(25)22-19(24)14-28-21(26)15-8-10-16(11-9-15)23-12-4-5-13-23/h2-13H,14H2,1H3,(H,22,24,25). The topological polar surface area (TPSA) is 86.6 Å². The maximum absolute atomic E-state index is 12.1. The number of aromatic nitrogens is 1. The summed E-state index contributed by atoms with van der Waals surface area (Å²) in [5.74, 6) is -1.67. The average molecular weight is 378 g/mol. The predicted molar refractivity (Wildman–Crippen MR) is 102 cm³/mol. The molecule has 3 rings (SSSR count). The summed E-state index contributed by atoms with van der Waals surface area (Å²) < 4.78 is 11.9. The van der Waals surface area contributed by atoms with E-state index < -0.39 is 24.4 Å². The minimum Gasteiger partial charge on any atom is -0.496 e. The van der Waals surface area contributed by atoms with E-state index in [-0.39, 0.29) is 5.56 Å². The van der Waals surface area contributed by atoms with Gasteiger partial charge < -0.3 is 14.0 Å². The molecule has 1 heterocycles. The predicted octanol–water partition coefficient (Wildman–Crippen LogP) is 2.60. The normalized spacial score (nSPS) is 10.2. The molecule has 1 N–H and O–H groups in total. The second-order valence-corrected chi connectivity index (χ2v) is 5.79. The van der Waals surface area contributed by atoms with Crippen molar-refractivity contribution < 1.29 is 23.9 Å². The van der Waals surface area contributed by atoms with E-state index in [0.29, 0.717) is 11.3 Å². The van der Waals surface area contributed by atoms with E-state index >= 15 is 0 Å². The molecule has 0 aliphatic carbocycles. The lowest BCUT2D eigenvalue weighted by Crippen LogP contribution is -2.34. The quantitative estimate of drug-likeness (QED) is 0.667. The van der Waals surface area contributed by atoms with Crippen molar-refractivity contribution in [2.45, 2.75) is 0 Å². The van der Waals surface area contributed by atoms with Crippen LogP contribution in [0.2, 0.25) is 0 Å². The Balaban J connectivity index is 1.54. The van der Waals surface area contributed by atoms with E-state index in [1.807, 2.05) is 29.1 Å². The first-order valence-corrected chi connectivity index (χ1v) is 8.46. The number of imide groups is 1. The Morgan fingerprint density at radius 2 is 1.61 bits per heavy atom. The molecule has 0 saturated heterocycles. The Bertz CT molecular complexity index is 978. The number of methoxy groups -OCH3 is 1. The highest BCUT2D eigenvalue weighted by molar-refractivity contribution is 6.07. The van der Waals surface area contributed by atoms with Gasteiger partial charge in [-0.25, -0.2) is 4.79 Å². The third-order valence-electron chi connectivity index (χ3n) is 3.94. The molecule has 0 saturated carbocycles. The number of nitrogens with one attached hydrogen (secondary N) is 1. The number of ether oxygens (including phenoxy) is 2. The van der Waals surface area contributed by atoms with E-state index in [1.165, 1.54) is 13.2 Å². The Hall–Kier alpha value is -3.87. The largest absolute Gasteiger partial charge is 0.496 e. The molecule has 3 aromatic rings. The molecule has 0 bridgehead atoms. The second kappa shape index (κ2) is 8.68. The minimum atomic E-state index is -0.729. The number of carbonyl (C=O) groups is 3. The Morgan fingerprint density at radius 3 is 2.29 bits per heavy atom. The summed E-state index contributed by atoms with van der Waals surface area (Å²) in [6.45, 7) is -0.570. The Labute approximate surface area is 161 Å². The molecule has 0 unspecified atom stereocenters. The number of esters is 1. The van der Waals surface area contributed by atoms with Crippen LogP contribution in [0.15, 0.2) is 73.1 Å². The molecular weight excluding hydrogens is 360 g/mol. The molecule has 2 amide bonds. The van der Waals surface area contributed by atoms with Crippen molar-refractivity contribution in [2.24, 2.45) is 0 Å². The Morgan fingerprint density at radius 1 is 0.929 bits per heavy atom. The minimum absolute atomic E-state index is 0.213. The van der Waals surface area contributed by atoms with E-state index in [2.05, 4.69) is 5.32 Å². The van der Waals surface area contributed by atoms with E-state index in [1.54, 1.807) is 42.5 Å². The first kappa shape index (κ1) is 18.9. The van der Waals surface area contributed by atoms with Crippen LogP contribution in [-0.2, 0) is 9.53 Å². The zero-order chi connectivity index (χ0) is 19.9. The molecule has 2 aromatic carbocycles. The highest BCUT2D eigenvalue weighted by Gasteiger charge is 2.16. The molecule has 0 atom stereocenters. The third-order valence-corrected chi connectivity index (χ3v) is 3.94. The van der Waals surface area contributed by atoms with Crippen LogP contribution in [0.4, 0.5) is 0 Å². The van der Waals surface area contributed by atoms with Gasteiger partial charge in [0.2, 0.25) is 0 Å². The summed E-state index contributed by atoms with van der Waals surface area (Å²) in [5.41, 5.74) is 1.41. The van der Waals surface area contributed by atoms with Crippen LogP contribution in [0.3, 0.4) is 0 Å². The zero-order valence-corrected chi connectivity index (χ0v) is 15.1. The van der Waals surface area contributed by atoms with Crippen molar-refractivity contribution in [1.82, 2.24) is 9.88 Å². The summed E-state index contributed by atoms with van der Waals surface area (Å²) in [6, 6.07) is 17.0. The van der Waals surface area contributed by atoms with Crippen LogP contribution in [0.5, 0.6) is 5.75 Å². The molecular formula is C21H18N2O5. The molecule has 7 nitrogen and oxygen atoms in total. The maximum Gasteiger partial charge on any atom is 0.338 e. The van der Waals surface area contributed by atoms with Gasteiger partial charge in [0, 0.05) is 18.1 Å². The molecule has 0 fully saturated rings. The molecule has 1 aromatic heterocycles. The fraction of sp³-hybridized carbons (Fsp3) is 0.0952. The van der Waals surface area contributed by atoms with E-state index in [9.17, 15) is 14.4 Å². The summed E-state index contributed by atoms with van der Waals surface area (Å²) >= 11 is 0. The lowest BCUT2D eigenvalue weighted by atomic mass is 10.2. The van der Waals surface area contributed by atoms with E-state index in [0.717, 1.165) is 5.69 Å². The summed E-state index contributed by atoms with van der Waals surface area (Å²) in [7, 11) is 1.43. The number of para-hydroxylation sites is 1. The van der Waals surface area contributed by atoms with Gasteiger partial charge in [0.1, 0.15) is 5.75 Å². The number of nitrogens with zero attached hydrogens (tertiary/aromatic N) is 1. The zero-order valence-electron chi connectivity index (χ0n) is 15.1. The number of rotatable bonds is 6. The van der Waals surface area contributed by atoms with Crippen molar-refractivity contribution in [3.8, 4) is 11.4 Å². The molecule has 0 radical (unpaired) electrons. The number of hydrogen-bond acceptors (Lipinski definition) is 5. The summed E-state index contributed by atoms with van der Waals surface area (Å²) in [5, 5.41) is 2.17. The maximum atomic E-state index is 12.1. The second-order valence-electron chi connectivity index (χ2n) is 5.79. The van der Waals surface area contributed by atoms with Gasteiger partial charge in [0.15, 0.2) is 6.61 Å². The molecule has 142 valence electrons. The van der Waals surface area contributed by atoms with Crippen molar-refractivity contribution in [3.63, 3.8) is 0 Å². The van der Waals surface area contributed by atoms with Crippen LogP contribution in [-0.4, -0.2) is 36.1 Å². The van der Waals surface area contributed by atoms with Gasteiger partial charge in [-0.15, -0.1) is 0 Å². The average Bonchev–Trinajstić information content (AvgIpc) is 3.27. The number of hydrogen-bond donors (Lipinski definition) is 1. The molecule has 0 spiro atoms. The molecule has 0 aliphatic heterocycles. The van der Waals surface area contributed by atoms with Crippen LogP contribution >= 0.6 is 0 Å². The van der Waals surface area contributed by atoms with Crippen molar-refractivity contribution in [1.29, 1.82) is 0 Å². The van der Waals surface area contributed by atoms with Gasteiger partial charge in [-0.1, -0.05) is 12.1 Å². The molecule has 0 aliphatic rings. The highest BCUT2D eigenvalue weighted by Crippen LogP contribution is 2.16. The van der Waals surface area contributed by atoms with Gasteiger partial charge in [-0.3, -0.25) is 14.9 Å². The molecule has 28 heavy (non-hydrogen) atoms. The van der Waals surface area contributed by atoms with Gasteiger partial charge in [-0.2, -0.15) is 0 Å². The van der Waals surface area contributed by atoms with Crippen LogP contribution in [0.25, 0.3) is 5.69 Å². The summed E-state index contributed by atoms with van der Waals surface area (Å²) in [6.07, 6.45) is 3.77. The van der Waals surface area contributed by atoms with Crippen molar-refractivity contribution >= 4 is 17.8 Å². The monoisotopic (exact) mass is 378 g/mol. The molecule has 7 heteroatoms. The number of carbonyl (C=O) groups excluding carboxylic acids is 3. The highest BCUT2D eigenvalue weighted by atomic mass is 16.5. The van der Waals surface area contributed by atoms with Gasteiger partial charge in [-0.05, 0) is 48.5 Å². The van der Waals surface area contributed by atoms with Gasteiger partial charge >= 0.3 is 5.97 Å².